The standard InChI is InChI=1S/C16H29N2O/c1-3-4-5-6-7-8-9-10-11-12-16(19)18-14-13-17(2)15-18/h13-15H,3-12H2,1-2H3/q+1. The van der Waals surface area contributed by atoms with Crippen molar-refractivity contribution in [3.8, 4) is 0 Å². The molecule has 0 spiro atoms. The van der Waals surface area contributed by atoms with E-state index in [4.69, 9.17) is 0 Å². The summed E-state index contributed by atoms with van der Waals surface area (Å²) in [6.07, 6.45) is 17.9. The third kappa shape index (κ3) is 7.14. The number of imidazole rings is 1. The van der Waals surface area contributed by atoms with E-state index in [0.29, 0.717) is 6.42 Å². The predicted octanol–water partition coefficient (Wildman–Crippen LogP) is 3.87. The van der Waals surface area contributed by atoms with Crippen molar-refractivity contribution in [2.75, 3.05) is 0 Å². The predicted molar refractivity (Wildman–Crippen MR) is 78.1 cm³/mol. The van der Waals surface area contributed by atoms with Gasteiger partial charge in [0.2, 0.25) is 0 Å². The van der Waals surface area contributed by atoms with Gasteiger partial charge in [0.25, 0.3) is 6.33 Å². The molecule has 0 unspecified atom stereocenters. The van der Waals surface area contributed by atoms with E-state index in [1.54, 1.807) is 4.57 Å². The minimum Gasteiger partial charge on any atom is -0.246 e. The van der Waals surface area contributed by atoms with Crippen molar-refractivity contribution in [1.29, 1.82) is 0 Å². The van der Waals surface area contributed by atoms with Gasteiger partial charge in [-0.1, -0.05) is 58.3 Å². The van der Waals surface area contributed by atoms with E-state index in [9.17, 15) is 4.79 Å². The van der Waals surface area contributed by atoms with Gasteiger partial charge < -0.3 is 0 Å². The Hall–Kier alpha value is -1.12. The summed E-state index contributed by atoms with van der Waals surface area (Å²) in [6, 6.07) is 0. The maximum atomic E-state index is 11.8. The molecule has 0 bridgehead atoms. The first-order valence-electron chi connectivity index (χ1n) is 7.80. The molecule has 0 fully saturated rings. The Bertz CT molecular complexity index is 357. The summed E-state index contributed by atoms with van der Waals surface area (Å²) >= 11 is 0. The topological polar surface area (TPSA) is 25.9 Å². The van der Waals surface area contributed by atoms with E-state index in [1.807, 2.05) is 30.3 Å². The lowest BCUT2D eigenvalue weighted by molar-refractivity contribution is -0.670. The normalized spacial score (nSPS) is 10.8. The lowest BCUT2D eigenvalue weighted by Gasteiger charge is -2.01. The Labute approximate surface area is 117 Å². The average Bonchev–Trinajstić information content (AvgIpc) is 2.83. The Morgan fingerprint density at radius 3 is 2.11 bits per heavy atom. The Balaban J connectivity index is 1.95. The highest BCUT2D eigenvalue weighted by molar-refractivity contribution is 5.78. The molecule has 1 heterocycles. The van der Waals surface area contributed by atoms with Gasteiger partial charge in [-0.15, -0.1) is 0 Å². The van der Waals surface area contributed by atoms with Gasteiger partial charge in [-0.05, 0) is 6.42 Å². The van der Waals surface area contributed by atoms with Gasteiger partial charge in [0.05, 0.1) is 13.5 Å². The molecule has 0 saturated heterocycles. The fourth-order valence-electron chi connectivity index (χ4n) is 2.31. The van der Waals surface area contributed by atoms with Crippen molar-refractivity contribution in [2.45, 2.75) is 71.1 Å². The minimum atomic E-state index is 0.212. The third-order valence-electron chi connectivity index (χ3n) is 3.55. The van der Waals surface area contributed by atoms with Crippen LogP contribution in [0.2, 0.25) is 0 Å². The van der Waals surface area contributed by atoms with Gasteiger partial charge in [-0.3, -0.25) is 0 Å². The molecule has 0 radical (unpaired) electrons. The van der Waals surface area contributed by atoms with Crippen molar-refractivity contribution < 1.29 is 9.36 Å². The number of rotatable bonds is 10. The van der Waals surface area contributed by atoms with Crippen LogP contribution in [0.25, 0.3) is 0 Å². The first-order chi connectivity index (χ1) is 9.24. The zero-order valence-electron chi connectivity index (χ0n) is 12.6. The second-order valence-electron chi connectivity index (χ2n) is 5.46. The highest BCUT2D eigenvalue weighted by Gasteiger charge is 2.10. The molecule has 0 saturated carbocycles. The van der Waals surface area contributed by atoms with Crippen LogP contribution in [0, 0.1) is 0 Å². The largest absolute Gasteiger partial charge is 0.313 e. The molecule has 3 heteroatoms. The van der Waals surface area contributed by atoms with E-state index in [1.165, 1.54) is 51.4 Å². The van der Waals surface area contributed by atoms with Gasteiger partial charge in [-0.2, -0.15) is 4.57 Å². The molecule has 19 heavy (non-hydrogen) atoms. The summed E-state index contributed by atoms with van der Waals surface area (Å²) < 4.78 is 3.58. The summed E-state index contributed by atoms with van der Waals surface area (Å²) in [6.45, 7) is 2.25. The summed E-state index contributed by atoms with van der Waals surface area (Å²) in [4.78, 5) is 11.8. The summed E-state index contributed by atoms with van der Waals surface area (Å²) in [5.41, 5.74) is 0. The molecular formula is C16H29N2O+. The van der Waals surface area contributed by atoms with Gasteiger partial charge in [0.15, 0.2) is 0 Å². The lowest BCUT2D eigenvalue weighted by Crippen LogP contribution is -2.24. The van der Waals surface area contributed by atoms with E-state index in [0.717, 1.165) is 6.42 Å². The second-order valence-corrected chi connectivity index (χ2v) is 5.46. The number of unbranched alkanes of at least 4 members (excludes halogenated alkanes) is 8. The molecule has 1 aromatic rings. The smallest absolute Gasteiger partial charge is 0.246 e. The molecule has 0 aliphatic rings. The van der Waals surface area contributed by atoms with Gasteiger partial charge in [0.1, 0.15) is 12.4 Å². The molecule has 3 nitrogen and oxygen atoms in total. The summed E-state index contributed by atoms with van der Waals surface area (Å²) in [5, 5.41) is 0. The zero-order chi connectivity index (χ0) is 13.9. The van der Waals surface area contributed by atoms with E-state index < -0.39 is 0 Å². The number of aryl methyl sites for hydroxylation is 1. The van der Waals surface area contributed by atoms with Gasteiger partial charge in [0, 0.05) is 0 Å². The van der Waals surface area contributed by atoms with Crippen LogP contribution in [-0.2, 0) is 7.05 Å². The van der Waals surface area contributed by atoms with Gasteiger partial charge in [-0.25, -0.2) is 9.36 Å². The molecule has 0 aliphatic heterocycles. The summed E-state index contributed by atoms with van der Waals surface area (Å²) in [5.74, 6) is 0.212. The highest BCUT2D eigenvalue weighted by atomic mass is 16.2. The van der Waals surface area contributed by atoms with Crippen LogP contribution in [0.4, 0.5) is 0 Å². The molecule has 0 N–H and O–H groups in total. The van der Waals surface area contributed by atoms with Crippen LogP contribution in [-0.4, -0.2) is 10.5 Å². The Kier molecular flexibility index (Phi) is 8.19. The first kappa shape index (κ1) is 15.9. The van der Waals surface area contributed by atoms with Crippen LogP contribution in [0.15, 0.2) is 18.7 Å². The van der Waals surface area contributed by atoms with Crippen molar-refractivity contribution in [1.82, 2.24) is 4.57 Å². The second kappa shape index (κ2) is 9.76. The fourth-order valence-corrected chi connectivity index (χ4v) is 2.31. The molecular weight excluding hydrogens is 236 g/mol. The van der Waals surface area contributed by atoms with E-state index in [-0.39, 0.29) is 5.91 Å². The monoisotopic (exact) mass is 265 g/mol. The van der Waals surface area contributed by atoms with Crippen LogP contribution < -0.4 is 4.57 Å². The highest BCUT2D eigenvalue weighted by Crippen LogP contribution is 2.10. The van der Waals surface area contributed by atoms with E-state index >= 15 is 0 Å². The molecule has 108 valence electrons. The van der Waals surface area contributed by atoms with E-state index in [2.05, 4.69) is 6.92 Å². The number of hydrogen-bond acceptors (Lipinski definition) is 1. The molecule has 1 rings (SSSR count). The van der Waals surface area contributed by atoms with Crippen molar-refractivity contribution in [3.05, 3.63) is 18.7 Å². The number of carbonyl (C=O) groups is 1. The Morgan fingerprint density at radius 2 is 1.58 bits per heavy atom. The quantitative estimate of drug-likeness (QED) is 0.466. The third-order valence-corrected chi connectivity index (χ3v) is 3.55. The number of hydrogen-bond donors (Lipinski definition) is 0. The van der Waals surface area contributed by atoms with Crippen molar-refractivity contribution >= 4 is 5.91 Å². The molecule has 0 atom stereocenters. The van der Waals surface area contributed by atoms with Gasteiger partial charge >= 0.3 is 5.91 Å². The van der Waals surface area contributed by atoms with Crippen molar-refractivity contribution in [3.63, 3.8) is 0 Å². The van der Waals surface area contributed by atoms with Crippen LogP contribution in [0.5, 0.6) is 0 Å². The maximum absolute atomic E-state index is 11.8. The molecule has 1 aromatic heterocycles. The number of aromatic nitrogens is 2. The fraction of sp³-hybridized carbons (Fsp3) is 0.750. The number of nitrogens with zero attached hydrogens (tertiary/aromatic N) is 2. The summed E-state index contributed by atoms with van der Waals surface area (Å²) in [7, 11) is 1.93. The van der Waals surface area contributed by atoms with Crippen LogP contribution in [0.3, 0.4) is 0 Å². The molecule has 0 aliphatic carbocycles. The maximum Gasteiger partial charge on any atom is 0.313 e. The van der Waals surface area contributed by atoms with Crippen LogP contribution >= 0.6 is 0 Å². The lowest BCUT2D eigenvalue weighted by atomic mass is 10.1. The molecule has 0 aromatic carbocycles. The minimum absolute atomic E-state index is 0.212. The zero-order valence-corrected chi connectivity index (χ0v) is 12.6. The first-order valence-corrected chi connectivity index (χ1v) is 7.80. The average molecular weight is 265 g/mol. The Morgan fingerprint density at radius 1 is 1.00 bits per heavy atom. The SMILES string of the molecule is CCCCCCCCCCCC(=O)n1cc[n+](C)c1. The van der Waals surface area contributed by atoms with Crippen LogP contribution in [0.1, 0.15) is 75.9 Å². The number of carbonyl (C=O) groups excluding carboxylic acids is 1. The van der Waals surface area contributed by atoms with Crippen molar-refractivity contribution in [2.24, 2.45) is 7.05 Å². The molecule has 0 amide bonds.